The number of hydrogen-bond acceptors (Lipinski definition) is 7. The number of hydrogen-bond donors (Lipinski definition) is 1. The number of nitrogens with two attached hydrogens (primary N) is 1. The lowest BCUT2D eigenvalue weighted by Crippen LogP contribution is -2.31. The molecule has 2 aliphatic rings. The van der Waals surface area contributed by atoms with Gasteiger partial charge < -0.3 is 10.6 Å². The number of fused-ring (bicyclic) bond motifs is 1. The maximum Gasteiger partial charge on any atom is 0.233 e. The Balaban J connectivity index is 1.84. The fourth-order valence-electron chi connectivity index (χ4n) is 2.86. The summed E-state index contributed by atoms with van der Waals surface area (Å²) in [5, 5.41) is 0. The maximum absolute atomic E-state index is 12.4. The fourth-order valence-corrected chi connectivity index (χ4v) is 2.86. The quantitative estimate of drug-likeness (QED) is 0.617. The minimum Gasteiger partial charge on any atom is -0.368 e. The van der Waals surface area contributed by atoms with Crippen molar-refractivity contribution in [3.05, 3.63) is 18.0 Å². The highest BCUT2D eigenvalue weighted by atomic mass is 16.2. The molecule has 1 aromatic rings. The number of carbonyl (C=O) groups is 2. The van der Waals surface area contributed by atoms with Crippen LogP contribution in [0.4, 0.5) is 11.9 Å². The zero-order chi connectivity index (χ0) is 15.9. The number of anilines is 2. The highest BCUT2D eigenvalue weighted by Gasteiger charge is 2.47. The Morgan fingerprint density at radius 1 is 1.14 bits per heavy atom. The van der Waals surface area contributed by atoms with Crippen molar-refractivity contribution < 1.29 is 9.59 Å². The molecule has 0 bridgehead atoms. The molecule has 1 saturated heterocycles. The van der Waals surface area contributed by atoms with E-state index in [0.717, 1.165) is 0 Å². The summed E-state index contributed by atoms with van der Waals surface area (Å²) >= 11 is 0. The summed E-state index contributed by atoms with van der Waals surface area (Å²) in [6.07, 6.45) is 5.16. The lowest BCUT2D eigenvalue weighted by molar-refractivity contribution is -0.140. The molecule has 8 heteroatoms. The Bertz CT molecular complexity index is 631. The molecule has 1 aliphatic heterocycles. The van der Waals surface area contributed by atoms with E-state index in [1.807, 2.05) is 12.2 Å². The molecule has 8 nitrogen and oxygen atoms in total. The normalized spacial score (nSPS) is 23.8. The average Bonchev–Trinajstić information content (AvgIpc) is 2.72. The summed E-state index contributed by atoms with van der Waals surface area (Å²) in [5.41, 5.74) is 5.67. The molecule has 2 N–H and O–H groups in total. The van der Waals surface area contributed by atoms with E-state index in [1.165, 1.54) is 4.90 Å². The third-order valence-electron chi connectivity index (χ3n) is 3.99. The van der Waals surface area contributed by atoms with Gasteiger partial charge in [-0.05, 0) is 12.8 Å². The predicted octanol–water partition coefficient (Wildman–Crippen LogP) is -0.0290. The van der Waals surface area contributed by atoms with Gasteiger partial charge in [0.15, 0.2) is 5.82 Å². The predicted molar refractivity (Wildman–Crippen MR) is 79.5 cm³/mol. The maximum atomic E-state index is 12.4. The van der Waals surface area contributed by atoms with Gasteiger partial charge in [0.2, 0.25) is 23.7 Å². The largest absolute Gasteiger partial charge is 0.368 e. The van der Waals surface area contributed by atoms with Gasteiger partial charge in [0.25, 0.3) is 0 Å². The van der Waals surface area contributed by atoms with E-state index in [-0.39, 0.29) is 36.1 Å². The van der Waals surface area contributed by atoms with E-state index in [4.69, 9.17) is 5.73 Å². The van der Waals surface area contributed by atoms with Gasteiger partial charge in [0.05, 0.1) is 18.4 Å². The number of carbonyl (C=O) groups excluding carboxylic acids is 2. The first-order valence-electron chi connectivity index (χ1n) is 7.15. The minimum atomic E-state index is -0.245. The number of nitrogens with zero attached hydrogens (tertiary/aromatic N) is 5. The van der Waals surface area contributed by atoms with Crippen molar-refractivity contribution in [2.75, 3.05) is 24.7 Å². The van der Waals surface area contributed by atoms with Crippen LogP contribution in [0.5, 0.6) is 0 Å². The van der Waals surface area contributed by atoms with Gasteiger partial charge in [0.1, 0.15) is 0 Å². The second-order valence-corrected chi connectivity index (χ2v) is 5.72. The number of rotatable bonds is 3. The van der Waals surface area contributed by atoms with Crippen LogP contribution >= 0.6 is 0 Å². The summed E-state index contributed by atoms with van der Waals surface area (Å²) in [4.78, 5) is 40.1. The van der Waals surface area contributed by atoms with Crippen LogP contribution in [0, 0.1) is 11.8 Å². The minimum absolute atomic E-state index is 0.0399. The Morgan fingerprint density at radius 3 is 2.27 bits per heavy atom. The average molecular weight is 302 g/mol. The van der Waals surface area contributed by atoms with Crippen molar-refractivity contribution in [3.8, 4) is 0 Å². The van der Waals surface area contributed by atoms with Gasteiger partial charge in [-0.1, -0.05) is 12.2 Å². The van der Waals surface area contributed by atoms with Gasteiger partial charge in [-0.2, -0.15) is 15.0 Å². The Morgan fingerprint density at radius 2 is 1.73 bits per heavy atom. The van der Waals surface area contributed by atoms with E-state index in [1.54, 1.807) is 19.0 Å². The van der Waals surface area contributed by atoms with Crippen molar-refractivity contribution >= 4 is 23.7 Å². The van der Waals surface area contributed by atoms with E-state index in [2.05, 4.69) is 15.0 Å². The third kappa shape index (κ3) is 2.40. The molecule has 3 rings (SSSR count). The van der Waals surface area contributed by atoms with Crippen molar-refractivity contribution in [2.45, 2.75) is 19.4 Å². The summed E-state index contributed by atoms with van der Waals surface area (Å²) in [6.45, 7) is 0.0399. The molecule has 2 atom stereocenters. The summed E-state index contributed by atoms with van der Waals surface area (Å²) in [5.74, 6) is 0.0153. The molecule has 0 aromatic carbocycles. The molecular formula is C14H18N6O2. The SMILES string of the molecule is CN(C)c1nc(N)nc(CN2C(=O)[C@H]3CC=CC[C@@H]3C2=O)n1. The van der Waals surface area contributed by atoms with Crippen LogP contribution in [0.3, 0.4) is 0 Å². The second kappa shape index (κ2) is 5.36. The number of allylic oxidation sites excluding steroid dienone is 2. The van der Waals surface area contributed by atoms with Crippen molar-refractivity contribution in [1.29, 1.82) is 0 Å². The lowest BCUT2D eigenvalue weighted by Gasteiger charge is -2.15. The zero-order valence-electron chi connectivity index (χ0n) is 12.6. The summed E-state index contributed by atoms with van der Waals surface area (Å²) in [7, 11) is 3.57. The smallest absolute Gasteiger partial charge is 0.233 e. The monoisotopic (exact) mass is 302 g/mol. The molecule has 0 saturated carbocycles. The molecule has 22 heavy (non-hydrogen) atoms. The molecule has 1 fully saturated rings. The van der Waals surface area contributed by atoms with Crippen LogP contribution in [-0.2, 0) is 16.1 Å². The van der Waals surface area contributed by atoms with Gasteiger partial charge in [-0.25, -0.2) is 0 Å². The van der Waals surface area contributed by atoms with Crippen molar-refractivity contribution in [1.82, 2.24) is 19.9 Å². The topological polar surface area (TPSA) is 105 Å². The Labute approximate surface area is 128 Å². The first kappa shape index (κ1) is 14.4. The molecule has 0 spiro atoms. The molecule has 0 unspecified atom stereocenters. The number of aromatic nitrogens is 3. The second-order valence-electron chi connectivity index (χ2n) is 5.72. The number of amides is 2. The molecular weight excluding hydrogens is 284 g/mol. The van der Waals surface area contributed by atoms with Gasteiger partial charge in [-0.3, -0.25) is 14.5 Å². The van der Waals surface area contributed by atoms with Crippen LogP contribution < -0.4 is 10.6 Å². The van der Waals surface area contributed by atoms with E-state index >= 15 is 0 Å². The number of imide groups is 1. The van der Waals surface area contributed by atoms with E-state index in [0.29, 0.717) is 24.6 Å². The lowest BCUT2D eigenvalue weighted by atomic mass is 9.85. The Kier molecular flexibility index (Phi) is 3.51. The van der Waals surface area contributed by atoms with Crippen LogP contribution in [0.15, 0.2) is 12.2 Å². The van der Waals surface area contributed by atoms with E-state index in [9.17, 15) is 9.59 Å². The third-order valence-corrected chi connectivity index (χ3v) is 3.99. The summed E-state index contributed by atoms with van der Waals surface area (Å²) in [6, 6.07) is 0. The highest BCUT2D eigenvalue weighted by molar-refractivity contribution is 6.05. The van der Waals surface area contributed by atoms with Crippen molar-refractivity contribution in [3.63, 3.8) is 0 Å². The fraction of sp³-hybridized carbons (Fsp3) is 0.500. The molecule has 2 amide bonds. The standard InChI is InChI=1S/C14H18N6O2/c1-19(2)14-17-10(16-13(15)18-14)7-20-11(21)8-5-3-4-6-9(8)12(20)22/h3-4,8-9H,5-7H2,1-2H3,(H2,15,16,17,18)/t8-,9-/m0/s1. The number of nitrogen functional groups attached to an aromatic ring is 1. The van der Waals surface area contributed by atoms with Crippen LogP contribution in [-0.4, -0.2) is 45.8 Å². The number of likely N-dealkylation sites (tertiary alicyclic amines) is 1. The van der Waals surface area contributed by atoms with Crippen LogP contribution in [0.2, 0.25) is 0 Å². The zero-order valence-corrected chi connectivity index (χ0v) is 12.6. The van der Waals surface area contributed by atoms with Gasteiger partial charge >= 0.3 is 0 Å². The summed E-state index contributed by atoms with van der Waals surface area (Å²) < 4.78 is 0. The van der Waals surface area contributed by atoms with Gasteiger partial charge in [-0.15, -0.1) is 0 Å². The first-order chi connectivity index (χ1) is 10.5. The Hall–Kier alpha value is -2.51. The molecule has 2 heterocycles. The van der Waals surface area contributed by atoms with E-state index < -0.39 is 0 Å². The first-order valence-corrected chi connectivity index (χ1v) is 7.15. The van der Waals surface area contributed by atoms with Crippen LogP contribution in [0.25, 0.3) is 0 Å². The molecule has 116 valence electrons. The molecule has 1 aromatic heterocycles. The molecule has 0 radical (unpaired) electrons. The van der Waals surface area contributed by atoms with Gasteiger partial charge in [0, 0.05) is 14.1 Å². The van der Waals surface area contributed by atoms with Crippen LogP contribution in [0.1, 0.15) is 18.7 Å². The van der Waals surface area contributed by atoms with Crippen molar-refractivity contribution in [2.24, 2.45) is 11.8 Å². The molecule has 1 aliphatic carbocycles. The highest BCUT2D eigenvalue weighted by Crippen LogP contribution is 2.35.